The molecule has 1 aromatic rings. The van der Waals surface area contributed by atoms with Gasteiger partial charge in [-0.25, -0.2) is 9.69 Å². The number of nitro benzene ring substituents is 1. The van der Waals surface area contributed by atoms with Crippen LogP contribution in [0.1, 0.15) is 12.8 Å². The van der Waals surface area contributed by atoms with E-state index < -0.39 is 11.0 Å². The third-order valence-electron chi connectivity index (χ3n) is 2.55. The molecule has 1 aliphatic heterocycles. The quantitative estimate of drug-likeness (QED) is 0.588. The lowest BCUT2D eigenvalue weighted by Crippen LogP contribution is -2.34. The molecule has 2 amide bonds. The highest BCUT2D eigenvalue weighted by Gasteiger charge is 2.28. The van der Waals surface area contributed by atoms with Crippen LogP contribution in [0.15, 0.2) is 24.3 Å². The monoisotopic (exact) mass is 250 g/mol. The normalized spacial score (nSPS) is 14.7. The zero-order valence-electron chi connectivity index (χ0n) is 9.37. The highest BCUT2D eigenvalue weighted by Crippen LogP contribution is 2.19. The number of nitrogens with zero attached hydrogens (tertiary/aromatic N) is 2. The van der Waals surface area contributed by atoms with Gasteiger partial charge >= 0.3 is 6.09 Å². The van der Waals surface area contributed by atoms with Crippen molar-refractivity contribution in [3.05, 3.63) is 34.4 Å². The second-order valence-electron chi connectivity index (χ2n) is 3.77. The molecule has 1 saturated heterocycles. The van der Waals surface area contributed by atoms with Crippen molar-refractivity contribution >= 4 is 17.7 Å². The zero-order valence-corrected chi connectivity index (χ0v) is 9.37. The minimum atomic E-state index is -0.744. The highest BCUT2D eigenvalue weighted by atomic mass is 16.6. The van der Waals surface area contributed by atoms with Crippen LogP contribution in [0.5, 0.6) is 5.75 Å². The number of imide groups is 1. The number of likely N-dealkylation sites (tertiary alicyclic amines) is 1. The number of rotatable bonds is 2. The Morgan fingerprint density at radius 2 is 2.00 bits per heavy atom. The van der Waals surface area contributed by atoms with Gasteiger partial charge in [0.05, 0.1) is 4.92 Å². The predicted molar refractivity (Wildman–Crippen MR) is 60.1 cm³/mol. The molecule has 7 heteroatoms. The Bertz CT molecular complexity index is 497. The van der Waals surface area contributed by atoms with Crippen LogP contribution < -0.4 is 4.74 Å². The number of nitro groups is 1. The summed E-state index contributed by atoms with van der Waals surface area (Å²) in [5, 5.41) is 10.4. The van der Waals surface area contributed by atoms with Crippen LogP contribution in [-0.4, -0.2) is 28.4 Å². The predicted octanol–water partition coefficient (Wildman–Crippen LogP) is 1.72. The number of carbonyl (C=O) groups excluding carboxylic acids is 2. The fourth-order valence-corrected chi connectivity index (χ4v) is 1.63. The van der Waals surface area contributed by atoms with Gasteiger partial charge in [-0.1, -0.05) is 0 Å². The number of carbonyl (C=O) groups is 2. The van der Waals surface area contributed by atoms with Crippen LogP contribution in [0, 0.1) is 10.1 Å². The van der Waals surface area contributed by atoms with Crippen molar-refractivity contribution in [2.24, 2.45) is 0 Å². The van der Waals surface area contributed by atoms with Crippen LogP contribution in [0.3, 0.4) is 0 Å². The van der Waals surface area contributed by atoms with E-state index in [1.807, 2.05) is 0 Å². The van der Waals surface area contributed by atoms with E-state index in [2.05, 4.69) is 0 Å². The summed E-state index contributed by atoms with van der Waals surface area (Å²) < 4.78 is 4.95. The van der Waals surface area contributed by atoms with E-state index in [-0.39, 0.29) is 17.3 Å². The van der Waals surface area contributed by atoms with E-state index in [4.69, 9.17) is 4.74 Å². The topological polar surface area (TPSA) is 89.8 Å². The SMILES string of the molecule is O=C1CCCN1C(=O)Oc1ccc([N+](=O)[O-])cc1. The van der Waals surface area contributed by atoms with Crippen molar-refractivity contribution in [2.75, 3.05) is 6.54 Å². The van der Waals surface area contributed by atoms with E-state index in [0.717, 1.165) is 4.90 Å². The summed E-state index contributed by atoms with van der Waals surface area (Å²) in [6, 6.07) is 5.09. The molecule has 0 atom stereocenters. The molecule has 0 aromatic heterocycles. The molecule has 2 rings (SSSR count). The maximum Gasteiger partial charge on any atom is 0.421 e. The summed E-state index contributed by atoms with van der Waals surface area (Å²) in [5.74, 6) is -0.0905. The van der Waals surface area contributed by atoms with Crippen LogP contribution >= 0.6 is 0 Å². The zero-order chi connectivity index (χ0) is 13.1. The summed E-state index contributed by atoms with van der Waals surface area (Å²) in [6.45, 7) is 0.352. The number of benzene rings is 1. The third-order valence-corrected chi connectivity index (χ3v) is 2.55. The van der Waals surface area contributed by atoms with E-state index in [9.17, 15) is 19.7 Å². The summed E-state index contributed by atoms with van der Waals surface area (Å²) in [5.41, 5.74) is -0.0907. The second-order valence-corrected chi connectivity index (χ2v) is 3.77. The van der Waals surface area contributed by atoms with E-state index in [1.165, 1.54) is 24.3 Å². The van der Waals surface area contributed by atoms with Crippen LogP contribution in [0.4, 0.5) is 10.5 Å². The number of ether oxygens (including phenoxy) is 1. The maximum absolute atomic E-state index is 11.6. The van der Waals surface area contributed by atoms with Gasteiger partial charge in [0.1, 0.15) is 5.75 Å². The average molecular weight is 250 g/mol. The van der Waals surface area contributed by atoms with Crippen molar-refractivity contribution in [3.8, 4) is 5.75 Å². The Kier molecular flexibility index (Phi) is 3.22. The van der Waals surface area contributed by atoms with Crippen LogP contribution in [0.2, 0.25) is 0 Å². The fourth-order valence-electron chi connectivity index (χ4n) is 1.63. The van der Waals surface area contributed by atoms with Gasteiger partial charge in [-0.15, -0.1) is 0 Å². The molecular formula is C11H10N2O5. The first-order chi connectivity index (χ1) is 8.58. The lowest BCUT2D eigenvalue weighted by atomic mass is 10.3. The molecule has 0 aliphatic carbocycles. The van der Waals surface area contributed by atoms with Gasteiger partial charge < -0.3 is 4.74 Å². The number of non-ortho nitro benzene ring substituents is 1. The standard InChI is InChI=1S/C11H10N2O5/c14-10-2-1-7-12(10)11(15)18-9-5-3-8(4-6-9)13(16)17/h3-6H,1-2,7H2. The Labute approximate surface area is 102 Å². The molecule has 1 fully saturated rings. The smallest absolute Gasteiger partial charge is 0.410 e. The van der Waals surface area contributed by atoms with E-state index >= 15 is 0 Å². The molecule has 1 aromatic carbocycles. The molecule has 1 heterocycles. The van der Waals surface area contributed by atoms with Gasteiger partial charge in [0, 0.05) is 25.1 Å². The molecule has 0 N–H and O–H groups in total. The van der Waals surface area contributed by atoms with E-state index in [0.29, 0.717) is 19.4 Å². The Balaban J connectivity index is 2.03. The summed E-state index contributed by atoms with van der Waals surface area (Å²) in [7, 11) is 0. The van der Waals surface area contributed by atoms with Crippen molar-refractivity contribution < 1.29 is 19.2 Å². The fraction of sp³-hybridized carbons (Fsp3) is 0.273. The average Bonchev–Trinajstić information content (AvgIpc) is 2.76. The molecular weight excluding hydrogens is 240 g/mol. The van der Waals surface area contributed by atoms with Gasteiger partial charge in [0.25, 0.3) is 5.69 Å². The maximum atomic E-state index is 11.6. The number of hydrogen-bond donors (Lipinski definition) is 0. The first-order valence-electron chi connectivity index (χ1n) is 5.34. The molecule has 0 unspecified atom stereocenters. The molecule has 0 bridgehead atoms. The summed E-state index contributed by atoms with van der Waals surface area (Å²) in [4.78, 5) is 33.8. The second kappa shape index (κ2) is 4.82. The Morgan fingerprint density at radius 3 is 2.50 bits per heavy atom. The van der Waals surface area contributed by atoms with Gasteiger partial charge in [-0.05, 0) is 18.6 Å². The lowest BCUT2D eigenvalue weighted by molar-refractivity contribution is -0.384. The lowest BCUT2D eigenvalue weighted by Gasteiger charge is -2.12. The largest absolute Gasteiger partial charge is 0.421 e. The van der Waals surface area contributed by atoms with Crippen molar-refractivity contribution in [3.63, 3.8) is 0 Å². The molecule has 0 saturated carbocycles. The van der Waals surface area contributed by atoms with Crippen LogP contribution in [0.25, 0.3) is 0 Å². The Hall–Kier alpha value is -2.44. The first-order valence-corrected chi connectivity index (χ1v) is 5.34. The third kappa shape index (κ3) is 2.45. The number of amides is 2. The number of hydrogen-bond acceptors (Lipinski definition) is 5. The molecule has 94 valence electrons. The minimum absolute atomic E-state index is 0.0907. The van der Waals surface area contributed by atoms with Crippen molar-refractivity contribution in [1.29, 1.82) is 0 Å². The van der Waals surface area contributed by atoms with Crippen LogP contribution in [-0.2, 0) is 4.79 Å². The molecule has 1 aliphatic rings. The molecule has 7 nitrogen and oxygen atoms in total. The minimum Gasteiger partial charge on any atom is -0.410 e. The van der Waals surface area contributed by atoms with E-state index in [1.54, 1.807) is 0 Å². The van der Waals surface area contributed by atoms with Gasteiger partial charge in [0.2, 0.25) is 5.91 Å². The van der Waals surface area contributed by atoms with Gasteiger partial charge in [-0.3, -0.25) is 14.9 Å². The molecule has 18 heavy (non-hydrogen) atoms. The Morgan fingerprint density at radius 1 is 1.33 bits per heavy atom. The highest BCUT2D eigenvalue weighted by molar-refractivity contribution is 5.94. The van der Waals surface area contributed by atoms with Gasteiger partial charge in [-0.2, -0.15) is 0 Å². The van der Waals surface area contributed by atoms with Gasteiger partial charge in [0.15, 0.2) is 0 Å². The molecule has 0 spiro atoms. The summed E-state index contributed by atoms with van der Waals surface area (Å²) >= 11 is 0. The molecule has 0 radical (unpaired) electrons. The summed E-state index contributed by atoms with van der Waals surface area (Å²) in [6.07, 6.45) is 0.232. The van der Waals surface area contributed by atoms with Crippen molar-refractivity contribution in [1.82, 2.24) is 4.90 Å². The van der Waals surface area contributed by atoms with Crippen molar-refractivity contribution in [2.45, 2.75) is 12.8 Å². The first kappa shape index (κ1) is 12.0.